The van der Waals surface area contributed by atoms with Gasteiger partial charge in [-0.15, -0.1) is 0 Å². The fourth-order valence-corrected chi connectivity index (χ4v) is 2.56. The normalized spacial score (nSPS) is 10.8. The SMILES string of the molecule is CCCCCCCc1ccc2ccccc2c1[C]=O. The van der Waals surface area contributed by atoms with E-state index in [0.717, 1.165) is 34.7 Å². The molecule has 0 N–H and O–H groups in total. The van der Waals surface area contributed by atoms with Crippen molar-refractivity contribution in [1.29, 1.82) is 0 Å². The molecule has 0 amide bonds. The van der Waals surface area contributed by atoms with Crippen LogP contribution in [0, 0.1) is 0 Å². The fourth-order valence-electron chi connectivity index (χ4n) is 2.56. The third kappa shape index (κ3) is 3.44. The van der Waals surface area contributed by atoms with E-state index >= 15 is 0 Å². The van der Waals surface area contributed by atoms with Gasteiger partial charge in [-0.2, -0.15) is 0 Å². The molecule has 2 aromatic carbocycles. The van der Waals surface area contributed by atoms with Crippen LogP contribution in [0.5, 0.6) is 0 Å². The van der Waals surface area contributed by atoms with Crippen molar-refractivity contribution in [3.05, 3.63) is 47.5 Å². The molecule has 2 rings (SSSR count). The van der Waals surface area contributed by atoms with E-state index in [-0.39, 0.29) is 0 Å². The van der Waals surface area contributed by atoms with Crippen LogP contribution in [0.1, 0.15) is 50.2 Å². The molecule has 0 aliphatic carbocycles. The van der Waals surface area contributed by atoms with Gasteiger partial charge in [0.2, 0.25) is 6.29 Å². The van der Waals surface area contributed by atoms with Crippen molar-refractivity contribution in [3.63, 3.8) is 0 Å². The van der Waals surface area contributed by atoms with Crippen molar-refractivity contribution in [3.8, 4) is 0 Å². The van der Waals surface area contributed by atoms with Gasteiger partial charge in [0.25, 0.3) is 0 Å². The van der Waals surface area contributed by atoms with Crippen molar-refractivity contribution >= 4 is 17.1 Å². The molecule has 0 aliphatic heterocycles. The second kappa shape index (κ2) is 7.08. The van der Waals surface area contributed by atoms with Crippen molar-refractivity contribution in [2.24, 2.45) is 0 Å². The third-order valence-corrected chi connectivity index (χ3v) is 3.67. The summed E-state index contributed by atoms with van der Waals surface area (Å²) in [7, 11) is 0. The van der Waals surface area contributed by atoms with E-state index in [1.165, 1.54) is 25.7 Å². The summed E-state index contributed by atoms with van der Waals surface area (Å²) in [6, 6.07) is 12.2. The zero-order valence-corrected chi connectivity index (χ0v) is 11.6. The standard InChI is InChI=1S/C18H21O/c1-2-3-4-5-6-9-16-13-12-15-10-7-8-11-17(15)18(16)14-19/h7-8,10-13H,2-6,9H2,1H3. The Labute approximate surface area is 115 Å². The Bertz CT molecular complexity index is 542. The number of hydrogen-bond acceptors (Lipinski definition) is 1. The Kier molecular flexibility index (Phi) is 5.14. The predicted molar refractivity (Wildman–Crippen MR) is 81.2 cm³/mol. The van der Waals surface area contributed by atoms with E-state index in [1.54, 1.807) is 0 Å². The molecule has 0 saturated carbocycles. The number of unbranched alkanes of at least 4 members (excludes halogenated alkanes) is 4. The van der Waals surface area contributed by atoms with Crippen molar-refractivity contribution < 1.29 is 4.79 Å². The number of aryl methyl sites for hydroxylation is 1. The van der Waals surface area contributed by atoms with Gasteiger partial charge in [0.15, 0.2) is 0 Å². The smallest absolute Gasteiger partial charge is 0.234 e. The predicted octanol–water partition coefficient (Wildman–Crippen LogP) is 4.81. The first kappa shape index (κ1) is 13.8. The summed E-state index contributed by atoms with van der Waals surface area (Å²) in [5.41, 5.74) is 1.90. The van der Waals surface area contributed by atoms with Gasteiger partial charge in [0.05, 0.1) is 0 Å². The second-order valence-electron chi connectivity index (χ2n) is 5.09. The minimum atomic E-state index is 0.758. The van der Waals surface area contributed by atoms with Crippen LogP contribution in [0.4, 0.5) is 0 Å². The first-order chi connectivity index (χ1) is 9.36. The summed E-state index contributed by atoms with van der Waals surface area (Å²) in [6.45, 7) is 2.22. The summed E-state index contributed by atoms with van der Waals surface area (Å²) in [4.78, 5) is 11.3. The van der Waals surface area contributed by atoms with E-state index in [2.05, 4.69) is 25.3 Å². The van der Waals surface area contributed by atoms with Crippen LogP contribution in [0.2, 0.25) is 0 Å². The molecule has 99 valence electrons. The number of benzene rings is 2. The topological polar surface area (TPSA) is 17.1 Å². The lowest BCUT2D eigenvalue weighted by atomic mass is 9.96. The van der Waals surface area contributed by atoms with Gasteiger partial charge in [0, 0.05) is 5.56 Å². The molecule has 1 heteroatoms. The Morgan fingerprint density at radius 1 is 0.947 bits per heavy atom. The van der Waals surface area contributed by atoms with Crippen molar-refractivity contribution in [2.45, 2.75) is 45.4 Å². The maximum Gasteiger partial charge on any atom is 0.234 e. The van der Waals surface area contributed by atoms with Gasteiger partial charge < -0.3 is 0 Å². The average Bonchev–Trinajstić information content (AvgIpc) is 2.46. The lowest BCUT2D eigenvalue weighted by Gasteiger charge is -2.08. The highest BCUT2D eigenvalue weighted by Crippen LogP contribution is 2.22. The molecule has 0 heterocycles. The largest absolute Gasteiger partial charge is 0.285 e. The molecule has 2 aromatic rings. The van der Waals surface area contributed by atoms with Crippen molar-refractivity contribution in [1.82, 2.24) is 0 Å². The Hall–Kier alpha value is -1.63. The van der Waals surface area contributed by atoms with Crippen LogP contribution < -0.4 is 0 Å². The van der Waals surface area contributed by atoms with Gasteiger partial charge in [-0.3, -0.25) is 4.79 Å². The monoisotopic (exact) mass is 253 g/mol. The molecular weight excluding hydrogens is 232 g/mol. The number of rotatable bonds is 7. The van der Waals surface area contributed by atoms with E-state index in [0.29, 0.717) is 0 Å². The lowest BCUT2D eigenvalue weighted by molar-refractivity contribution is 0.562. The molecule has 1 radical (unpaired) electrons. The van der Waals surface area contributed by atoms with Gasteiger partial charge in [-0.1, -0.05) is 69.0 Å². The maximum absolute atomic E-state index is 11.3. The average molecular weight is 253 g/mol. The molecular formula is C18H21O. The summed E-state index contributed by atoms with van der Waals surface area (Å²) >= 11 is 0. The number of carbonyl (C=O) groups excluding carboxylic acids is 1. The Balaban J connectivity index is 2.12. The number of hydrogen-bond donors (Lipinski definition) is 0. The molecule has 0 fully saturated rings. The van der Waals surface area contributed by atoms with E-state index < -0.39 is 0 Å². The summed E-state index contributed by atoms with van der Waals surface area (Å²) in [5.74, 6) is 0. The summed E-state index contributed by atoms with van der Waals surface area (Å²) in [6.07, 6.45) is 9.41. The molecule has 19 heavy (non-hydrogen) atoms. The van der Waals surface area contributed by atoms with Gasteiger partial charge >= 0.3 is 0 Å². The van der Waals surface area contributed by atoms with Crippen LogP contribution >= 0.6 is 0 Å². The van der Waals surface area contributed by atoms with E-state index in [4.69, 9.17) is 0 Å². The molecule has 0 atom stereocenters. The minimum Gasteiger partial charge on any atom is -0.285 e. The van der Waals surface area contributed by atoms with Crippen LogP contribution in [-0.2, 0) is 11.2 Å². The zero-order valence-electron chi connectivity index (χ0n) is 11.6. The molecule has 0 bridgehead atoms. The van der Waals surface area contributed by atoms with Crippen molar-refractivity contribution in [2.75, 3.05) is 0 Å². The number of fused-ring (bicyclic) bond motifs is 1. The maximum atomic E-state index is 11.3. The first-order valence-electron chi connectivity index (χ1n) is 7.25. The quantitative estimate of drug-likeness (QED) is 0.647. The molecule has 1 nitrogen and oxygen atoms in total. The fraction of sp³-hybridized carbons (Fsp3) is 0.389. The van der Waals surface area contributed by atoms with E-state index in [9.17, 15) is 4.79 Å². The van der Waals surface area contributed by atoms with Crippen LogP contribution in [-0.4, -0.2) is 6.29 Å². The van der Waals surface area contributed by atoms with Crippen LogP contribution in [0.25, 0.3) is 10.8 Å². The Morgan fingerprint density at radius 2 is 1.74 bits per heavy atom. The highest BCUT2D eigenvalue weighted by molar-refractivity contribution is 5.99. The highest BCUT2D eigenvalue weighted by atomic mass is 16.1. The second-order valence-corrected chi connectivity index (χ2v) is 5.09. The molecule has 0 aliphatic rings. The lowest BCUT2D eigenvalue weighted by Crippen LogP contribution is -1.95. The highest BCUT2D eigenvalue weighted by Gasteiger charge is 2.07. The molecule has 0 unspecified atom stereocenters. The Morgan fingerprint density at radius 3 is 2.53 bits per heavy atom. The first-order valence-corrected chi connectivity index (χ1v) is 7.25. The van der Waals surface area contributed by atoms with Gasteiger partial charge in [0.1, 0.15) is 0 Å². The van der Waals surface area contributed by atoms with Gasteiger partial charge in [-0.05, 0) is 29.2 Å². The minimum absolute atomic E-state index is 0.758. The van der Waals surface area contributed by atoms with Crippen LogP contribution in [0.15, 0.2) is 36.4 Å². The molecule has 0 aromatic heterocycles. The molecule has 0 saturated heterocycles. The third-order valence-electron chi connectivity index (χ3n) is 3.67. The summed E-state index contributed by atoms with van der Waals surface area (Å²) in [5, 5.41) is 2.15. The van der Waals surface area contributed by atoms with E-state index in [1.807, 2.05) is 24.3 Å². The zero-order chi connectivity index (χ0) is 13.5. The summed E-state index contributed by atoms with van der Waals surface area (Å²) < 4.78 is 0. The van der Waals surface area contributed by atoms with Crippen LogP contribution in [0.3, 0.4) is 0 Å². The van der Waals surface area contributed by atoms with Gasteiger partial charge in [-0.25, -0.2) is 0 Å². The molecule has 0 spiro atoms.